The van der Waals surface area contributed by atoms with Gasteiger partial charge < -0.3 is 5.11 Å². The summed E-state index contributed by atoms with van der Waals surface area (Å²) in [4.78, 5) is 12.4. The lowest BCUT2D eigenvalue weighted by atomic mass is 10.1. The summed E-state index contributed by atoms with van der Waals surface area (Å²) < 4.78 is 26.6. The summed E-state index contributed by atoms with van der Waals surface area (Å²) in [7, 11) is 0. The van der Waals surface area contributed by atoms with Gasteiger partial charge in [-0.2, -0.15) is 0 Å². The third-order valence-corrected chi connectivity index (χ3v) is 2.90. The molecule has 1 aromatic rings. The maximum Gasteiger partial charge on any atom is 0.304 e. The smallest absolute Gasteiger partial charge is 0.304 e. The fourth-order valence-corrected chi connectivity index (χ4v) is 1.85. The third kappa shape index (κ3) is 3.77. The highest BCUT2D eigenvalue weighted by Gasteiger charge is 2.18. The summed E-state index contributed by atoms with van der Waals surface area (Å²) in [6, 6.07) is 3.79. The number of benzene rings is 1. The lowest BCUT2D eigenvalue weighted by Crippen LogP contribution is -2.34. The van der Waals surface area contributed by atoms with E-state index in [2.05, 4.69) is 0 Å². The molecule has 1 N–H and O–H groups in total. The van der Waals surface area contributed by atoms with Crippen molar-refractivity contribution < 1.29 is 18.7 Å². The van der Waals surface area contributed by atoms with Crippen LogP contribution in [0.5, 0.6) is 0 Å². The highest BCUT2D eigenvalue weighted by atomic mass is 19.2. The number of carbonyl (C=O) groups is 1. The van der Waals surface area contributed by atoms with Gasteiger partial charge in [-0.1, -0.05) is 19.1 Å². The topological polar surface area (TPSA) is 40.5 Å². The molecular formula is C13H17F2NO2. The van der Waals surface area contributed by atoms with Gasteiger partial charge in [-0.15, -0.1) is 0 Å². The van der Waals surface area contributed by atoms with Crippen molar-refractivity contribution in [1.29, 1.82) is 0 Å². The van der Waals surface area contributed by atoms with Crippen LogP contribution >= 0.6 is 0 Å². The average Bonchev–Trinajstić information content (AvgIpc) is 2.30. The Bertz CT molecular complexity index is 423. The number of halogens is 2. The van der Waals surface area contributed by atoms with E-state index in [0.717, 1.165) is 6.07 Å². The van der Waals surface area contributed by atoms with Crippen LogP contribution in [0.15, 0.2) is 18.2 Å². The summed E-state index contributed by atoms with van der Waals surface area (Å²) in [6.45, 7) is 4.39. The quantitative estimate of drug-likeness (QED) is 0.851. The Labute approximate surface area is 105 Å². The van der Waals surface area contributed by atoms with Gasteiger partial charge in [0.15, 0.2) is 11.6 Å². The lowest BCUT2D eigenvalue weighted by Gasteiger charge is -2.26. The van der Waals surface area contributed by atoms with Crippen molar-refractivity contribution >= 4 is 5.97 Å². The van der Waals surface area contributed by atoms with Gasteiger partial charge in [-0.05, 0) is 19.5 Å². The van der Waals surface area contributed by atoms with Gasteiger partial charge in [0, 0.05) is 18.2 Å². The number of hydrogen-bond acceptors (Lipinski definition) is 2. The van der Waals surface area contributed by atoms with E-state index in [1.807, 2.05) is 6.92 Å². The monoisotopic (exact) mass is 257 g/mol. The van der Waals surface area contributed by atoms with E-state index in [4.69, 9.17) is 5.11 Å². The predicted octanol–water partition coefficient (Wildman–Crippen LogP) is 2.65. The normalized spacial score (nSPS) is 12.7. The molecule has 0 heterocycles. The molecular weight excluding hydrogens is 240 g/mol. The fourth-order valence-electron chi connectivity index (χ4n) is 1.85. The predicted molar refractivity (Wildman–Crippen MR) is 64.2 cm³/mol. The van der Waals surface area contributed by atoms with Gasteiger partial charge in [-0.25, -0.2) is 8.78 Å². The molecule has 100 valence electrons. The molecule has 0 aliphatic heterocycles. The zero-order valence-electron chi connectivity index (χ0n) is 10.5. The molecule has 0 radical (unpaired) electrons. The van der Waals surface area contributed by atoms with E-state index >= 15 is 0 Å². The molecule has 0 amide bonds. The van der Waals surface area contributed by atoms with Crippen molar-refractivity contribution in [3.63, 3.8) is 0 Å². The lowest BCUT2D eigenvalue weighted by molar-refractivity contribution is -0.138. The highest BCUT2D eigenvalue weighted by Crippen LogP contribution is 2.16. The van der Waals surface area contributed by atoms with Crippen LogP contribution in [0.4, 0.5) is 8.78 Å². The van der Waals surface area contributed by atoms with Crippen molar-refractivity contribution in [3.8, 4) is 0 Å². The molecule has 18 heavy (non-hydrogen) atoms. The van der Waals surface area contributed by atoms with E-state index in [1.54, 1.807) is 11.8 Å². The molecule has 0 saturated carbocycles. The summed E-state index contributed by atoms with van der Waals surface area (Å²) in [5.41, 5.74) is 0.245. The van der Waals surface area contributed by atoms with E-state index in [-0.39, 0.29) is 24.6 Å². The van der Waals surface area contributed by atoms with Gasteiger partial charge in [0.1, 0.15) is 0 Å². The number of carboxylic acid groups (broad SMARTS) is 1. The largest absolute Gasteiger partial charge is 0.481 e. The Morgan fingerprint density at radius 1 is 1.44 bits per heavy atom. The maximum atomic E-state index is 13.5. The van der Waals surface area contributed by atoms with Gasteiger partial charge in [0.05, 0.1) is 6.42 Å². The van der Waals surface area contributed by atoms with Crippen LogP contribution < -0.4 is 0 Å². The molecule has 1 atom stereocenters. The van der Waals surface area contributed by atoms with Crippen LogP contribution in [-0.4, -0.2) is 28.6 Å². The van der Waals surface area contributed by atoms with Crippen LogP contribution in [0.25, 0.3) is 0 Å². The molecule has 1 rings (SSSR count). The average molecular weight is 257 g/mol. The summed E-state index contributed by atoms with van der Waals surface area (Å²) in [6.07, 6.45) is -0.0230. The second-order valence-corrected chi connectivity index (χ2v) is 4.22. The molecule has 0 aromatic heterocycles. The fraction of sp³-hybridized carbons (Fsp3) is 0.462. The van der Waals surface area contributed by atoms with Gasteiger partial charge >= 0.3 is 5.97 Å². The van der Waals surface area contributed by atoms with Crippen LogP contribution in [-0.2, 0) is 11.3 Å². The molecule has 0 aliphatic carbocycles. The first-order valence-corrected chi connectivity index (χ1v) is 5.84. The molecule has 3 nitrogen and oxygen atoms in total. The zero-order chi connectivity index (χ0) is 13.7. The van der Waals surface area contributed by atoms with E-state index < -0.39 is 17.6 Å². The molecule has 1 aromatic carbocycles. The highest BCUT2D eigenvalue weighted by molar-refractivity contribution is 5.67. The van der Waals surface area contributed by atoms with Crippen molar-refractivity contribution in [2.75, 3.05) is 6.54 Å². The van der Waals surface area contributed by atoms with Crippen LogP contribution in [0.1, 0.15) is 25.8 Å². The first kappa shape index (κ1) is 14.6. The van der Waals surface area contributed by atoms with E-state index in [9.17, 15) is 13.6 Å². The van der Waals surface area contributed by atoms with Crippen molar-refractivity contribution in [2.45, 2.75) is 32.9 Å². The number of carboxylic acids is 1. The zero-order valence-corrected chi connectivity index (χ0v) is 10.5. The Morgan fingerprint density at radius 2 is 2.11 bits per heavy atom. The number of rotatable bonds is 6. The third-order valence-electron chi connectivity index (χ3n) is 2.90. The maximum absolute atomic E-state index is 13.5. The summed E-state index contributed by atoms with van der Waals surface area (Å²) in [5, 5.41) is 8.73. The molecule has 0 fully saturated rings. The minimum atomic E-state index is -0.902. The van der Waals surface area contributed by atoms with Crippen LogP contribution in [0.3, 0.4) is 0 Å². The Hall–Kier alpha value is -1.49. The first-order chi connectivity index (χ1) is 8.45. The van der Waals surface area contributed by atoms with Gasteiger partial charge in [-0.3, -0.25) is 9.69 Å². The standard InChI is InChI=1S/C13H17F2NO2/c1-3-16(9(2)7-12(17)18)8-10-5-4-6-11(14)13(10)15/h4-6,9H,3,7-8H2,1-2H3,(H,17,18). The molecule has 1 unspecified atom stereocenters. The van der Waals surface area contributed by atoms with Crippen molar-refractivity contribution in [1.82, 2.24) is 4.90 Å². The number of hydrogen-bond donors (Lipinski definition) is 1. The molecule has 0 aliphatic rings. The van der Waals surface area contributed by atoms with Crippen LogP contribution in [0.2, 0.25) is 0 Å². The first-order valence-electron chi connectivity index (χ1n) is 5.84. The minimum absolute atomic E-state index is 0.0230. The number of aliphatic carboxylic acids is 1. The second kappa shape index (κ2) is 6.44. The summed E-state index contributed by atoms with van der Waals surface area (Å²) in [5.74, 6) is -2.64. The molecule has 0 spiro atoms. The Kier molecular flexibility index (Phi) is 5.22. The van der Waals surface area contributed by atoms with E-state index in [1.165, 1.54) is 12.1 Å². The van der Waals surface area contributed by atoms with Crippen molar-refractivity contribution in [3.05, 3.63) is 35.4 Å². The second-order valence-electron chi connectivity index (χ2n) is 4.22. The van der Waals surface area contributed by atoms with Crippen LogP contribution in [0, 0.1) is 11.6 Å². The minimum Gasteiger partial charge on any atom is -0.481 e. The number of nitrogens with zero attached hydrogens (tertiary/aromatic N) is 1. The Balaban J connectivity index is 2.79. The summed E-state index contributed by atoms with van der Waals surface area (Å²) >= 11 is 0. The van der Waals surface area contributed by atoms with E-state index in [0.29, 0.717) is 6.54 Å². The van der Waals surface area contributed by atoms with Crippen molar-refractivity contribution in [2.24, 2.45) is 0 Å². The Morgan fingerprint density at radius 3 is 2.67 bits per heavy atom. The van der Waals surface area contributed by atoms with Gasteiger partial charge in [0.25, 0.3) is 0 Å². The molecule has 0 saturated heterocycles. The SMILES string of the molecule is CCN(Cc1cccc(F)c1F)C(C)CC(=O)O. The van der Waals surface area contributed by atoms with Gasteiger partial charge in [0.2, 0.25) is 0 Å². The molecule has 0 bridgehead atoms. The molecule has 5 heteroatoms.